The highest BCUT2D eigenvalue weighted by atomic mass is 32.2. The molecule has 0 aromatic heterocycles. The third-order valence-corrected chi connectivity index (χ3v) is 7.06. The summed E-state index contributed by atoms with van der Waals surface area (Å²) in [6.07, 6.45) is 10.2. The number of anilines is 1. The van der Waals surface area contributed by atoms with Crippen LogP contribution in [0.5, 0.6) is 0 Å². The quantitative estimate of drug-likeness (QED) is 0.561. The first-order valence-electron chi connectivity index (χ1n) is 10.5. The minimum atomic E-state index is -4.60. The molecule has 2 heterocycles. The van der Waals surface area contributed by atoms with Crippen molar-refractivity contribution in [2.24, 2.45) is 0 Å². The Morgan fingerprint density at radius 1 is 1.12 bits per heavy atom. The molecule has 6 nitrogen and oxygen atoms in total. The van der Waals surface area contributed by atoms with Crippen molar-refractivity contribution >= 4 is 27.4 Å². The number of nitrogens with zero attached hydrogens (tertiary/aromatic N) is 1. The summed E-state index contributed by atoms with van der Waals surface area (Å²) in [5, 5.41) is 0. The van der Waals surface area contributed by atoms with Crippen LogP contribution in [0.1, 0.15) is 31.9 Å². The van der Waals surface area contributed by atoms with Crippen LogP contribution in [0, 0.1) is 0 Å². The number of carbonyl (C=O) groups is 1. The maximum absolute atomic E-state index is 12.0. The van der Waals surface area contributed by atoms with Gasteiger partial charge in [0.05, 0.1) is 11.4 Å². The SMILES string of the molecule is CC(=O)N(/C=C/C=C/C1=C[NH+]2CCc3ccc(S(=O)(=O)[O-])c(c32)C1(C)C)c1ccccc1. The molecule has 0 aliphatic carbocycles. The second-order valence-corrected chi connectivity index (χ2v) is 9.95. The zero-order valence-corrected chi connectivity index (χ0v) is 19.1. The molecule has 4 rings (SSSR count). The number of carbonyl (C=O) groups excluding carboxylic acids is 1. The molecule has 166 valence electrons. The molecule has 1 atom stereocenters. The summed E-state index contributed by atoms with van der Waals surface area (Å²) in [6.45, 7) is 6.21. The van der Waals surface area contributed by atoms with Crippen LogP contribution in [-0.2, 0) is 26.7 Å². The average Bonchev–Trinajstić information content (AvgIpc) is 3.14. The van der Waals surface area contributed by atoms with Crippen LogP contribution in [0.15, 0.2) is 83.6 Å². The van der Waals surface area contributed by atoms with Gasteiger partial charge in [-0.05, 0) is 24.3 Å². The van der Waals surface area contributed by atoms with Crippen molar-refractivity contribution in [2.75, 3.05) is 11.4 Å². The van der Waals surface area contributed by atoms with E-state index in [0.29, 0.717) is 5.56 Å². The molecule has 0 saturated heterocycles. The molecule has 0 spiro atoms. The number of quaternary nitrogens is 1. The lowest BCUT2D eigenvalue weighted by Crippen LogP contribution is -3.02. The Morgan fingerprint density at radius 2 is 1.84 bits per heavy atom. The second kappa shape index (κ2) is 8.16. The van der Waals surface area contributed by atoms with Crippen LogP contribution in [-0.4, -0.2) is 25.4 Å². The lowest BCUT2D eigenvalue weighted by Gasteiger charge is -2.35. The normalized spacial score (nSPS) is 19.2. The van der Waals surface area contributed by atoms with Crippen LogP contribution in [0.4, 0.5) is 11.4 Å². The molecule has 32 heavy (non-hydrogen) atoms. The molecule has 0 radical (unpaired) electrons. The van der Waals surface area contributed by atoms with Gasteiger partial charge in [0.2, 0.25) is 5.91 Å². The average molecular weight is 451 g/mol. The molecule has 2 aliphatic heterocycles. The summed E-state index contributed by atoms with van der Waals surface area (Å²) >= 11 is 0. The highest BCUT2D eigenvalue weighted by Gasteiger charge is 2.43. The fourth-order valence-corrected chi connectivity index (χ4v) is 5.44. The van der Waals surface area contributed by atoms with Gasteiger partial charge < -0.3 is 4.55 Å². The Labute approximate surface area is 188 Å². The van der Waals surface area contributed by atoms with Crippen molar-refractivity contribution in [3.8, 4) is 0 Å². The van der Waals surface area contributed by atoms with E-state index in [-0.39, 0.29) is 10.8 Å². The predicted octanol–water partition coefficient (Wildman–Crippen LogP) is 2.96. The molecule has 1 N–H and O–H groups in total. The number of nitrogens with one attached hydrogen (secondary N) is 1. The van der Waals surface area contributed by atoms with Crippen LogP contribution >= 0.6 is 0 Å². The maximum Gasteiger partial charge on any atom is 0.227 e. The Kier molecular flexibility index (Phi) is 5.67. The molecule has 2 aromatic rings. The van der Waals surface area contributed by atoms with Gasteiger partial charge in [-0.25, -0.2) is 8.42 Å². The fourth-order valence-electron chi connectivity index (χ4n) is 4.59. The third kappa shape index (κ3) is 3.95. The van der Waals surface area contributed by atoms with Crippen molar-refractivity contribution in [1.82, 2.24) is 0 Å². The number of allylic oxidation sites excluding steroid dienone is 4. The van der Waals surface area contributed by atoms with Crippen molar-refractivity contribution in [1.29, 1.82) is 0 Å². The zero-order chi connectivity index (χ0) is 23.1. The van der Waals surface area contributed by atoms with Gasteiger partial charge in [-0.15, -0.1) is 0 Å². The van der Waals surface area contributed by atoms with Gasteiger partial charge in [0.15, 0.2) is 0 Å². The van der Waals surface area contributed by atoms with Gasteiger partial charge in [-0.3, -0.25) is 14.6 Å². The van der Waals surface area contributed by atoms with E-state index in [9.17, 15) is 17.8 Å². The topological polar surface area (TPSA) is 82.0 Å². The molecule has 2 aliphatic rings. The van der Waals surface area contributed by atoms with Crippen molar-refractivity contribution in [3.63, 3.8) is 0 Å². The van der Waals surface area contributed by atoms with E-state index in [0.717, 1.165) is 40.4 Å². The largest absolute Gasteiger partial charge is 0.744 e. The Bertz CT molecular complexity index is 1260. The van der Waals surface area contributed by atoms with Crippen LogP contribution < -0.4 is 9.80 Å². The Hall–Kier alpha value is -3.00. The summed E-state index contributed by atoms with van der Waals surface area (Å²) in [6, 6.07) is 12.6. The van der Waals surface area contributed by atoms with E-state index >= 15 is 0 Å². The lowest BCUT2D eigenvalue weighted by molar-refractivity contribution is -0.770. The van der Waals surface area contributed by atoms with Crippen LogP contribution in [0.3, 0.4) is 0 Å². The molecule has 0 bridgehead atoms. The summed E-state index contributed by atoms with van der Waals surface area (Å²) in [5.41, 5.74) is 3.65. The molecule has 2 aromatic carbocycles. The van der Waals surface area contributed by atoms with Crippen molar-refractivity contribution in [3.05, 3.63) is 89.8 Å². The number of rotatable bonds is 5. The van der Waals surface area contributed by atoms with Gasteiger partial charge in [-0.1, -0.05) is 50.3 Å². The van der Waals surface area contributed by atoms with E-state index in [4.69, 9.17) is 0 Å². The number of hydrogen-bond acceptors (Lipinski definition) is 4. The van der Waals surface area contributed by atoms with E-state index in [1.54, 1.807) is 23.2 Å². The highest BCUT2D eigenvalue weighted by Crippen LogP contribution is 2.44. The first-order chi connectivity index (χ1) is 15.1. The Morgan fingerprint density at radius 3 is 2.50 bits per heavy atom. The summed E-state index contributed by atoms with van der Waals surface area (Å²) < 4.78 is 36.1. The molecule has 1 unspecified atom stereocenters. The molecule has 1 amide bonds. The van der Waals surface area contributed by atoms with Crippen LogP contribution in [0.25, 0.3) is 0 Å². The van der Waals surface area contributed by atoms with Gasteiger partial charge in [-0.2, -0.15) is 0 Å². The van der Waals surface area contributed by atoms with E-state index in [1.165, 1.54) is 13.0 Å². The summed E-state index contributed by atoms with van der Waals surface area (Å²) in [7, 11) is -4.60. The first-order valence-corrected chi connectivity index (χ1v) is 11.9. The fraction of sp³-hybridized carbons (Fsp3) is 0.240. The predicted molar refractivity (Wildman–Crippen MR) is 123 cm³/mol. The van der Waals surface area contributed by atoms with Gasteiger partial charge >= 0.3 is 0 Å². The monoisotopic (exact) mass is 450 g/mol. The number of hydrogen-bond donors (Lipinski definition) is 1. The molecule has 0 fully saturated rings. The minimum Gasteiger partial charge on any atom is -0.744 e. The highest BCUT2D eigenvalue weighted by molar-refractivity contribution is 7.85. The van der Waals surface area contributed by atoms with Gasteiger partial charge in [0, 0.05) is 47.3 Å². The lowest BCUT2D eigenvalue weighted by atomic mass is 9.74. The number of amides is 1. The molecular weight excluding hydrogens is 424 g/mol. The van der Waals surface area contributed by atoms with Crippen molar-refractivity contribution < 1.29 is 22.7 Å². The minimum absolute atomic E-state index is 0.105. The molecular formula is C25H26N2O4S. The van der Waals surface area contributed by atoms with Gasteiger partial charge in [0.25, 0.3) is 0 Å². The van der Waals surface area contributed by atoms with E-state index in [1.807, 2.05) is 56.3 Å². The summed E-state index contributed by atoms with van der Waals surface area (Å²) in [4.78, 5) is 14.5. The third-order valence-electron chi connectivity index (χ3n) is 6.18. The number of benzene rings is 2. The molecule has 7 heteroatoms. The maximum atomic E-state index is 12.0. The smallest absolute Gasteiger partial charge is 0.227 e. The van der Waals surface area contributed by atoms with E-state index < -0.39 is 15.5 Å². The van der Waals surface area contributed by atoms with Crippen LogP contribution in [0.2, 0.25) is 0 Å². The van der Waals surface area contributed by atoms with E-state index in [2.05, 4.69) is 6.20 Å². The van der Waals surface area contributed by atoms with Crippen molar-refractivity contribution in [2.45, 2.75) is 37.5 Å². The first kappa shape index (κ1) is 22.2. The zero-order valence-electron chi connectivity index (χ0n) is 18.3. The molecule has 0 saturated carbocycles. The number of para-hydroxylation sites is 1. The van der Waals surface area contributed by atoms with Gasteiger partial charge in [0.1, 0.15) is 22.0 Å². The second-order valence-electron chi connectivity index (χ2n) is 8.60. The summed E-state index contributed by atoms with van der Waals surface area (Å²) in [5.74, 6) is -0.105. The standard InChI is InChI=1S/C25H26N2O4S/c1-18(28)27(21-10-5-4-6-11-21)15-8-7-9-20-17-26-16-14-19-12-13-22(32(29,30)31)23(24(19)26)25(20,2)3/h4-13,15,17H,14,16H2,1-3H3,(H,29,30,31)/b9-7+,15-8+. The Balaban J connectivity index is 1.68.